The van der Waals surface area contributed by atoms with Crippen LogP contribution in [-0.2, 0) is 13.0 Å². The number of benzene rings is 3. The minimum Gasteiger partial charge on any atom is -0.493 e. The van der Waals surface area contributed by atoms with E-state index in [-0.39, 0.29) is 5.91 Å². The third-order valence-electron chi connectivity index (χ3n) is 6.00. The van der Waals surface area contributed by atoms with Crippen molar-refractivity contribution < 1.29 is 14.3 Å². The second-order valence-corrected chi connectivity index (χ2v) is 8.88. The molecule has 0 unspecified atom stereocenters. The van der Waals surface area contributed by atoms with Crippen LogP contribution in [0.15, 0.2) is 72.8 Å². The first-order valence-electron chi connectivity index (χ1n) is 12.2. The highest BCUT2D eigenvalue weighted by Gasteiger charge is 2.13. The number of carbonyl (C=O) groups excluding carboxylic acids is 1. The molecule has 1 amide bonds. The van der Waals surface area contributed by atoms with Gasteiger partial charge in [-0.05, 0) is 79.9 Å². The highest BCUT2D eigenvalue weighted by atomic mass is 16.5. The van der Waals surface area contributed by atoms with Gasteiger partial charge in [0, 0.05) is 18.5 Å². The summed E-state index contributed by atoms with van der Waals surface area (Å²) in [4.78, 5) is 15.2. The van der Waals surface area contributed by atoms with Crippen molar-refractivity contribution in [3.05, 3.63) is 95.1 Å². The number of nitrogens with one attached hydrogen (secondary N) is 1. The van der Waals surface area contributed by atoms with Gasteiger partial charge in [0.2, 0.25) is 0 Å². The predicted octanol–water partition coefficient (Wildman–Crippen LogP) is 5.08. The molecule has 1 heterocycles. The van der Waals surface area contributed by atoms with E-state index < -0.39 is 0 Å². The molecule has 0 aromatic heterocycles. The number of nitrogens with zero attached hydrogens (tertiary/aromatic N) is 1. The fraction of sp³-hybridized carbons (Fsp3) is 0.345. The summed E-state index contributed by atoms with van der Waals surface area (Å²) < 4.78 is 11.8. The molecule has 2 bridgehead atoms. The zero-order valence-corrected chi connectivity index (χ0v) is 20.0. The first kappa shape index (κ1) is 23.8. The molecule has 5 heteroatoms. The van der Waals surface area contributed by atoms with Crippen molar-refractivity contribution in [2.24, 2.45) is 0 Å². The molecule has 0 aliphatic carbocycles. The second kappa shape index (κ2) is 12.2. The molecule has 1 aliphatic rings. The van der Waals surface area contributed by atoms with Gasteiger partial charge >= 0.3 is 0 Å². The van der Waals surface area contributed by atoms with Gasteiger partial charge in [-0.25, -0.2) is 0 Å². The van der Waals surface area contributed by atoms with E-state index >= 15 is 0 Å². The van der Waals surface area contributed by atoms with Crippen molar-refractivity contribution in [2.75, 3.05) is 33.4 Å². The fourth-order valence-electron chi connectivity index (χ4n) is 4.24. The molecule has 0 fully saturated rings. The first-order chi connectivity index (χ1) is 16.7. The molecule has 0 saturated heterocycles. The zero-order chi connectivity index (χ0) is 23.6. The first-order valence-corrected chi connectivity index (χ1v) is 12.2. The molecular weight excluding hydrogens is 424 g/mol. The Bertz CT molecular complexity index is 1070. The van der Waals surface area contributed by atoms with Gasteiger partial charge in [0.1, 0.15) is 18.1 Å². The van der Waals surface area contributed by atoms with Crippen molar-refractivity contribution in [1.29, 1.82) is 0 Å². The normalized spacial score (nSPS) is 14.9. The van der Waals surface area contributed by atoms with Crippen LogP contribution in [0.2, 0.25) is 0 Å². The molecule has 178 valence electrons. The molecule has 0 spiro atoms. The molecule has 3 aromatic carbocycles. The SMILES string of the molecule is CN1CCCCCOc2ccc(C(=O)NCCOc3ccccc3)cc2Cc2cccc(c2)C1. The van der Waals surface area contributed by atoms with Gasteiger partial charge in [0.25, 0.3) is 5.91 Å². The molecule has 34 heavy (non-hydrogen) atoms. The van der Waals surface area contributed by atoms with Crippen LogP contribution >= 0.6 is 0 Å². The quantitative estimate of drug-likeness (QED) is 0.542. The predicted molar refractivity (Wildman–Crippen MR) is 136 cm³/mol. The summed E-state index contributed by atoms with van der Waals surface area (Å²) in [6.45, 7) is 3.60. The van der Waals surface area contributed by atoms with E-state index in [0.29, 0.717) is 25.3 Å². The van der Waals surface area contributed by atoms with E-state index in [1.807, 2.05) is 48.5 Å². The van der Waals surface area contributed by atoms with E-state index in [1.165, 1.54) is 17.5 Å². The summed E-state index contributed by atoms with van der Waals surface area (Å²) in [6, 6.07) is 24.1. The average molecular weight is 459 g/mol. The zero-order valence-electron chi connectivity index (χ0n) is 20.0. The van der Waals surface area contributed by atoms with Crippen LogP contribution in [0.3, 0.4) is 0 Å². The summed E-state index contributed by atoms with van der Waals surface area (Å²) in [6.07, 6.45) is 4.07. The molecule has 0 atom stereocenters. The van der Waals surface area contributed by atoms with Crippen molar-refractivity contribution in [3.63, 3.8) is 0 Å². The monoisotopic (exact) mass is 458 g/mol. The number of fused-ring (bicyclic) bond motifs is 3. The van der Waals surface area contributed by atoms with Gasteiger partial charge in [-0.15, -0.1) is 0 Å². The van der Waals surface area contributed by atoms with E-state index in [0.717, 1.165) is 49.4 Å². The molecule has 0 radical (unpaired) electrons. The van der Waals surface area contributed by atoms with E-state index in [9.17, 15) is 4.79 Å². The summed E-state index contributed by atoms with van der Waals surface area (Å²) in [7, 11) is 2.18. The average Bonchev–Trinajstić information content (AvgIpc) is 2.85. The Morgan fingerprint density at radius 3 is 2.71 bits per heavy atom. The van der Waals surface area contributed by atoms with Crippen molar-refractivity contribution in [3.8, 4) is 11.5 Å². The van der Waals surface area contributed by atoms with Gasteiger partial charge in [-0.1, -0.05) is 42.5 Å². The van der Waals surface area contributed by atoms with Gasteiger partial charge in [0.15, 0.2) is 0 Å². The van der Waals surface area contributed by atoms with Crippen LogP contribution in [-0.4, -0.2) is 44.2 Å². The lowest BCUT2D eigenvalue weighted by Crippen LogP contribution is -2.28. The molecule has 5 nitrogen and oxygen atoms in total. The largest absolute Gasteiger partial charge is 0.493 e. The number of rotatable bonds is 5. The number of para-hydroxylation sites is 1. The molecule has 1 N–H and O–H groups in total. The molecule has 4 rings (SSSR count). The second-order valence-electron chi connectivity index (χ2n) is 8.88. The molecule has 0 saturated carbocycles. The Hall–Kier alpha value is -3.31. The maximum atomic E-state index is 12.8. The van der Waals surface area contributed by atoms with Crippen LogP contribution in [0.4, 0.5) is 0 Å². The lowest BCUT2D eigenvalue weighted by atomic mass is 9.99. The Morgan fingerprint density at radius 2 is 1.82 bits per heavy atom. The van der Waals surface area contributed by atoms with Crippen molar-refractivity contribution in [1.82, 2.24) is 10.2 Å². The third-order valence-corrected chi connectivity index (χ3v) is 6.00. The molecular formula is C29H34N2O3. The molecule has 1 aliphatic heterocycles. The van der Waals surface area contributed by atoms with Crippen LogP contribution < -0.4 is 14.8 Å². The van der Waals surface area contributed by atoms with Crippen LogP contribution in [0, 0.1) is 0 Å². The summed E-state index contributed by atoms with van der Waals surface area (Å²) in [5, 5.41) is 2.96. The lowest BCUT2D eigenvalue weighted by molar-refractivity contribution is 0.0947. The number of carbonyl (C=O) groups is 1. The highest BCUT2D eigenvalue weighted by Crippen LogP contribution is 2.25. The van der Waals surface area contributed by atoms with Crippen molar-refractivity contribution >= 4 is 5.91 Å². The van der Waals surface area contributed by atoms with E-state index in [2.05, 4.69) is 41.5 Å². The van der Waals surface area contributed by atoms with E-state index in [4.69, 9.17) is 9.47 Å². The third kappa shape index (κ3) is 7.09. The topological polar surface area (TPSA) is 50.8 Å². The summed E-state index contributed by atoms with van der Waals surface area (Å²) in [5.41, 5.74) is 4.21. The lowest BCUT2D eigenvalue weighted by Gasteiger charge is -2.19. The standard InChI is InChI=1S/C29H34N2O3/c1-31-16-6-3-7-17-34-28-14-13-25(21-26(28)20-23-9-8-10-24(19-23)22-31)29(32)30-15-18-33-27-11-4-2-5-12-27/h2,4-5,8-14,19,21H,3,6-7,15-18,20,22H2,1H3,(H,30,32). The minimum absolute atomic E-state index is 0.103. The van der Waals surface area contributed by atoms with E-state index in [1.54, 1.807) is 0 Å². The van der Waals surface area contributed by atoms with Gasteiger partial charge in [-0.3, -0.25) is 4.79 Å². The summed E-state index contributed by atoms with van der Waals surface area (Å²) >= 11 is 0. The van der Waals surface area contributed by atoms with Gasteiger partial charge in [-0.2, -0.15) is 0 Å². The Labute approximate surface area is 202 Å². The number of hydrogen-bond donors (Lipinski definition) is 1. The van der Waals surface area contributed by atoms with Gasteiger partial charge in [0.05, 0.1) is 13.2 Å². The van der Waals surface area contributed by atoms with Crippen LogP contribution in [0.25, 0.3) is 0 Å². The van der Waals surface area contributed by atoms with Crippen molar-refractivity contribution in [2.45, 2.75) is 32.2 Å². The van der Waals surface area contributed by atoms with Gasteiger partial charge < -0.3 is 19.7 Å². The smallest absolute Gasteiger partial charge is 0.251 e. The number of ether oxygens (including phenoxy) is 2. The fourth-order valence-corrected chi connectivity index (χ4v) is 4.24. The number of hydrogen-bond acceptors (Lipinski definition) is 4. The minimum atomic E-state index is -0.103. The van der Waals surface area contributed by atoms with Crippen LogP contribution in [0.1, 0.15) is 46.3 Å². The number of amides is 1. The Kier molecular flexibility index (Phi) is 8.58. The molecule has 3 aromatic rings. The maximum absolute atomic E-state index is 12.8. The Balaban J connectivity index is 1.45. The maximum Gasteiger partial charge on any atom is 0.251 e. The highest BCUT2D eigenvalue weighted by molar-refractivity contribution is 5.94. The summed E-state index contributed by atoms with van der Waals surface area (Å²) in [5.74, 6) is 1.56. The van der Waals surface area contributed by atoms with Crippen LogP contribution in [0.5, 0.6) is 11.5 Å². The Morgan fingerprint density at radius 1 is 0.971 bits per heavy atom.